The molecule has 0 unspecified atom stereocenters. The summed E-state index contributed by atoms with van der Waals surface area (Å²) in [5.41, 5.74) is 0. The Morgan fingerprint density at radius 1 is 0.308 bits per heavy atom. The van der Waals surface area contributed by atoms with Crippen molar-refractivity contribution in [3.05, 3.63) is 0 Å². The Bertz CT molecular complexity index is 452. The Morgan fingerprint density at radius 3 is 0.641 bits per heavy atom. The maximum atomic E-state index is 12.5. The predicted molar refractivity (Wildman–Crippen MR) is 179 cm³/mol. The zero-order chi connectivity index (χ0) is 28.5. The summed E-state index contributed by atoms with van der Waals surface area (Å²) in [5, 5.41) is 0. The molecule has 0 bridgehead atoms. The van der Waals surface area contributed by atoms with Crippen molar-refractivity contribution in [3.63, 3.8) is 0 Å². The normalized spacial score (nSPS) is 12.0. The number of unbranched alkanes of at least 4 members (excludes halogenated alkanes) is 30. The molecule has 0 aliphatic rings. The first-order valence-corrected chi connectivity index (χ1v) is 20.5. The van der Waals surface area contributed by atoms with Gasteiger partial charge in [0.15, 0.2) is 0 Å². The summed E-state index contributed by atoms with van der Waals surface area (Å²) in [6.45, 7) is 4.58. The highest BCUT2D eigenvalue weighted by Crippen LogP contribution is 2.42. The molecule has 0 spiro atoms. The Hall–Kier alpha value is 0.190. The molecule has 0 heterocycles. The van der Waals surface area contributed by atoms with Crippen LogP contribution in [0.2, 0.25) is 0 Å². The van der Waals surface area contributed by atoms with Crippen molar-refractivity contribution < 1.29 is 9.46 Å². The Balaban J connectivity index is 3.27. The van der Waals surface area contributed by atoms with Crippen LogP contribution in [0, 0.1) is 0 Å². The van der Waals surface area contributed by atoms with Crippen molar-refractivity contribution in [2.75, 3.05) is 12.3 Å². The quantitative estimate of drug-likeness (QED) is 0.0617. The average Bonchev–Trinajstić information content (AvgIpc) is 2.92. The molecule has 39 heavy (non-hydrogen) atoms. The van der Waals surface area contributed by atoms with E-state index in [-0.39, 0.29) is 0 Å². The molecule has 3 heteroatoms. The van der Waals surface area contributed by atoms with Gasteiger partial charge in [-0.1, -0.05) is 206 Å². The van der Waals surface area contributed by atoms with Gasteiger partial charge in [-0.3, -0.25) is 4.57 Å². The van der Waals surface area contributed by atoms with Gasteiger partial charge in [0.25, 0.3) is 0 Å². The molecule has 0 aromatic heterocycles. The van der Waals surface area contributed by atoms with Gasteiger partial charge in [-0.2, -0.15) is 0 Å². The van der Waals surface area contributed by atoms with Crippen molar-refractivity contribution >= 4 is 7.37 Å². The van der Waals surface area contributed by atoms with Crippen molar-refractivity contribution in [2.45, 2.75) is 219 Å². The van der Waals surface area contributed by atoms with Gasteiger partial charge >= 0.3 is 0 Å². The fraction of sp³-hybridized carbons (Fsp3) is 1.00. The molecule has 2 nitrogen and oxygen atoms in total. The van der Waals surface area contributed by atoms with Crippen LogP contribution in [-0.4, -0.2) is 17.2 Å². The van der Waals surface area contributed by atoms with Crippen LogP contribution in [0.1, 0.15) is 219 Å². The summed E-state index contributed by atoms with van der Waals surface area (Å²) in [5.74, 6) is 0. The van der Waals surface area contributed by atoms with Crippen LogP contribution in [0.4, 0.5) is 0 Å². The number of hydrogen-bond donors (Lipinski definition) is 1. The molecular formula is C36H75O2P. The van der Waals surface area contributed by atoms with E-state index < -0.39 is 7.37 Å². The molecule has 236 valence electrons. The van der Waals surface area contributed by atoms with E-state index in [4.69, 9.17) is 0 Å². The molecule has 0 aliphatic heterocycles. The van der Waals surface area contributed by atoms with Gasteiger partial charge < -0.3 is 4.89 Å². The summed E-state index contributed by atoms with van der Waals surface area (Å²) in [6, 6.07) is 0. The van der Waals surface area contributed by atoms with Gasteiger partial charge in [0.05, 0.1) is 0 Å². The molecule has 0 atom stereocenters. The third kappa shape index (κ3) is 34.3. The summed E-state index contributed by atoms with van der Waals surface area (Å²) >= 11 is 0. The number of hydrogen-bond acceptors (Lipinski definition) is 1. The highest BCUT2D eigenvalue weighted by molar-refractivity contribution is 7.57. The second-order valence-corrected chi connectivity index (χ2v) is 15.5. The van der Waals surface area contributed by atoms with E-state index >= 15 is 0 Å². The first kappa shape index (κ1) is 39.2. The predicted octanol–water partition coefficient (Wildman–Crippen LogP) is 13.8. The largest absolute Gasteiger partial charge is 0.344 e. The summed E-state index contributed by atoms with van der Waals surface area (Å²) in [4.78, 5) is 10.3. The second-order valence-electron chi connectivity index (χ2n) is 12.9. The molecule has 0 saturated carbocycles. The lowest BCUT2D eigenvalue weighted by Crippen LogP contribution is -1.96. The minimum atomic E-state index is -2.87. The molecule has 0 aliphatic carbocycles. The van der Waals surface area contributed by atoms with E-state index in [9.17, 15) is 9.46 Å². The fourth-order valence-corrected chi connectivity index (χ4v) is 7.58. The maximum absolute atomic E-state index is 12.5. The van der Waals surface area contributed by atoms with Crippen LogP contribution in [0.25, 0.3) is 0 Å². The minimum absolute atomic E-state index is 0.560. The van der Waals surface area contributed by atoms with Crippen molar-refractivity contribution in [1.82, 2.24) is 0 Å². The molecule has 0 rings (SSSR count). The maximum Gasteiger partial charge on any atom is 0.200 e. The zero-order valence-corrected chi connectivity index (χ0v) is 28.2. The lowest BCUT2D eigenvalue weighted by atomic mass is 10.0. The molecular weight excluding hydrogens is 495 g/mol. The fourth-order valence-electron chi connectivity index (χ4n) is 5.93. The van der Waals surface area contributed by atoms with Gasteiger partial charge in [-0.05, 0) is 12.8 Å². The Labute approximate surface area is 248 Å². The summed E-state index contributed by atoms with van der Waals surface area (Å²) in [6.07, 6.45) is 44.3. The molecule has 0 aromatic carbocycles. The van der Waals surface area contributed by atoms with Gasteiger partial charge in [0.1, 0.15) is 0 Å². The highest BCUT2D eigenvalue weighted by atomic mass is 31.2. The van der Waals surface area contributed by atoms with Crippen molar-refractivity contribution in [1.29, 1.82) is 0 Å². The molecule has 0 fully saturated rings. The van der Waals surface area contributed by atoms with E-state index in [0.29, 0.717) is 12.3 Å². The Morgan fingerprint density at radius 2 is 0.462 bits per heavy atom. The van der Waals surface area contributed by atoms with Gasteiger partial charge in [0, 0.05) is 12.3 Å². The van der Waals surface area contributed by atoms with E-state index in [2.05, 4.69) is 13.8 Å². The molecule has 0 saturated heterocycles. The van der Waals surface area contributed by atoms with Crippen molar-refractivity contribution in [2.24, 2.45) is 0 Å². The monoisotopic (exact) mass is 571 g/mol. The first-order chi connectivity index (χ1) is 19.1. The molecule has 0 radical (unpaired) electrons. The lowest BCUT2D eigenvalue weighted by Gasteiger charge is -2.11. The third-order valence-electron chi connectivity index (χ3n) is 8.72. The SMILES string of the molecule is CCCCCCCCCCCCCCCCCCP(=O)(O)CCCCCCCCCCCCCCCCCC. The van der Waals surface area contributed by atoms with E-state index in [0.717, 1.165) is 25.7 Å². The third-order valence-corrected chi connectivity index (χ3v) is 10.8. The summed E-state index contributed by atoms with van der Waals surface area (Å²) < 4.78 is 12.5. The van der Waals surface area contributed by atoms with E-state index in [1.54, 1.807) is 0 Å². The van der Waals surface area contributed by atoms with Gasteiger partial charge in [-0.15, -0.1) is 0 Å². The molecule has 0 aromatic rings. The standard InChI is InChI=1S/C36H75O2P/c1-3-5-7-9-11-13-15-17-19-21-23-25-27-29-31-33-35-39(37,38)36-34-32-30-28-26-24-22-20-18-16-14-12-10-8-6-4-2/h3-36H2,1-2H3,(H,37,38). The molecule has 1 N–H and O–H groups in total. The smallest absolute Gasteiger partial charge is 0.200 e. The minimum Gasteiger partial charge on any atom is -0.344 e. The zero-order valence-electron chi connectivity index (χ0n) is 27.3. The van der Waals surface area contributed by atoms with Crippen LogP contribution < -0.4 is 0 Å². The summed E-state index contributed by atoms with van der Waals surface area (Å²) in [7, 11) is -2.87. The van der Waals surface area contributed by atoms with Crippen LogP contribution in [0.3, 0.4) is 0 Å². The topological polar surface area (TPSA) is 37.3 Å². The van der Waals surface area contributed by atoms with Crippen LogP contribution in [0.5, 0.6) is 0 Å². The van der Waals surface area contributed by atoms with Crippen molar-refractivity contribution in [3.8, 4) is 0 Å². The van der Waals surface area contributed by atoms with Crippen LogP contribution >= 0.6 is 7.37 Å². The van der Waals surface area contributed by atoms with Crippen LogP contribution in [0.15, 0.2) is 0 Å². The van der Waals surface area contributed by atoms with Crippen LogP contribution in [-0.2, 0) is 4.57 Å². The Kier molecular flexibility index (Phi) is 32.9. The lowest BCUT2D eigenvalue weighted by molar-refractivity contribution is 0.468. The van der Waals surface area contributed by atoms with Gasteiger partial charge in [0.2, 0.25) is 7.37 Å². The van der Waals surface area contributed by atoms with E-state index in [1.165, 1.54) is 180 Å². The molecule has 0 amide bonds. The van der Waals surface area contributed by atoms with Gasteiger partial charge in [-0.25, -0.2) is 0 Å². The number of rotatable bonds is 34. The van der Waals surface area contributed by atoms with E-state index in [1.807, 2.05) is 0 Å². The highest BCUT2D eigenvalue weighted by Gasteiger charge is 2.16. The first-order valence-electron chi connectivity index (χ1n) is 18.4. The average molecular weight is 571 g/mol. The second kappa shape index (κ2) is 32.7.